The van der Waals surface area contributed by atoms with Crippen LogP contribution in [0.5, 0.6) is 0 Å². The average molecular weight is 611 g/mol. The van der Waals surface area contributed by atoms with Crippen LogP contribution < -0.4 is 0 Å². The number of amides is 2. The lowest BCUT2D eigenvalue weighted by Gasteiger charge is -2.27. The molecule has 2 aromatic heterocycles. The summed E-state index contributed by atoms with van der Waals surface area (Å²) in [5.74, 6) is 1.51. The summed E-state index contributed by atoms with van der Waals surface area (Å²) in [6.45, 7) is 8.98. The largest absolute Gasteiger partial charge is 0.465 e. The van der Waals surface area contributed by atoms with Gasteiger partial charge in [0.05, 0.1) is 23.5 Å². The fourth-order valence-electron chi connectivity index (χ4n) is 6.44. The Bertz CT molecular complexity index is 1650. The van der Waals surface area contributed by atoms with Crippen LogP contribution in [-0.4, -0.2) is 65.7 Å². The third-order valence-electron chi connectivity index (χ3n) is 8.58. The van der Waals surface area contributed by atoms with Gasteiger partial charge in [-0.15, -0.1) is 0 Å². The normalized spacial score (nSPS) is 18.5. The predicted octanol–water partition coefficient (Wildman–Crippen LogP) is 7.97. The molecule has 10 nitrogen and oxygen atoms in total. The van der Waals surface area contributed by atoms with Gasteiger partial charge in [0.15, 0.2) is 0 Å². The topological polar surface area (TPSA) is 127 Å². The summed E-state index contributed by atoms with van der Waals surface area (Å²) in [5.41, 5.74) is 6.43. The van der Waals surface area contributed by atoms with E-state index < -0.39 is 11.7 Å². The molecule has 0 bridgehead atoms. The number of likely N-dealkylation sites (tertiary alicyclic amines) is 2. The highest BCUT2D eigenvalue weighted by molar-refractivity contribution is 5.73. The molecule has 0 aliphatic carbocycles. The molecule has 2 atom stereocenters. The Morgan fingerprint density at radius 2 is 1.44 bits per heavy atom. The molecule has 10 heteroatoms. The van der Waals surface area contributed by atoms with Crippen molar-refractivity contribution in [2.45, 2.75) is 83.9 Å². The number of hydrogen-bond donors (Lipinski definition) is 3. The number of hydrogen-bond acceptors (Lipinski definition) is 5. The van der Waals surface area contributed by atoms with Crippen LogP contribution >= 0.6 is 0 Å². The Morgan fingerprint density at radius 1 is 0.867 bits per heavy atom. The zero-order valence-electron chi connectivity index (χ0n) is 26.5. The second kappa shape index (κ2) is 12.4. The highest BCUT2D eigenvalue weighted by atomic mass is 16.6. The Balaban J connectivity index is 1.17. The van der Waals surface area contributed by atoms with Gasteiger partial charge in [-0.3, -0.25) is 9.80 Å². The van der Waals surface area contributed by atoms with E-state index in [1.807, 2.05) is 27.0 Å². The maximum Gasteiger partial charge on any atom is 0.410 e. The molecular weight excluding hydrogens is 568 g/mol. The number of nitrogens with one attached hydrogen (secondary N) is 2. The molecule has 2 aliphatic rings. The first-order chi connectivity index (χ1) is 21.6. The molecule has 45 heavy (non-hydrogen) atoms. The van der Waals surface area contributed by atoms with E-state index in [0.717, 1.165) is 89.5 Å². The first-order valence-corrected chi connectivity index (χ1v) is 16.0. The minimum absolute atomic E-state index is 0.121. The number of imidazole rings is 2. The molecule has 2 aliphatic heterocycles. The van der Waals surface area contributed by atoms with Crippen molar-refractivity contribution in [2.24, 2.45) is 0 Å². The summed E-state index contributed by atoms with van der Waals surface area (Å²) in [7, 11) is 0. The van der Waals surface area contributed by atoms with Crippen LogP contribution in [0.3, 0.4) is 0 Å². The minimum atomic E-state index is -0.894. The summed E-state index contributed by atoms with van der Waals surface area (Å²) < 4.78 is 5.62. The van der Waals surface area contributed by atoms with Crippen molar-refractivity contribution in [1.82, 2.24) is 29.7 Å². The van der Waals surface area contributed by atoms with Crippen LogP contribution in [0.4, 0.5) is 9.59 Å². The molecule has 2 fully saturated rings. The van der Waals surface area contributed by atoms with Gasteiger partial charge in [-0.2, -0.15) is 0 Å². The van der Waals surface area contributed by atoms with Crippen molar-refractivity contribution in [3.05, 3.63) is 72.1 Å². The molecule has 3 N–H and O–H groups in total. The van der Waals surface area contributed by atoms with Gasteiger partial charge in [-0.1, -0.05) is 61.9 Å². The fourth-order valence-corrected chi connectivity index (χ4v) is 6.44. The highest BCUT2D eigenvalue weighted by Gasteiger charge is 2.35. The molecule has 2 aromatic carbocycles. The monoisotopic (exact) mass is 610 g/mol. The smallest absolute Gasteiger partial charge is 0.410 e. The van der Waals surface area contributed by atoms with Gasteiger partial charge in [-0.05, 0) is 64.0 Å². The van der Waals surface area contributed by atoms with Crippen molar-refractivity contribution in [1.29, 1.82) is 0 Å². The molecule has 0 unspecified atom stereocenters. The van der Waals surface area contributed by atoms with Gasteiger partial charge in [0.2, 0.25) is 0 Å². The second-order valence-electron chi connectivity index (χ2n) is 13.0. The van der Waals surface area contributed by atoms with Crippen LogP contribution in [0.1, 0.15) is 89.2 Å². The zero-order valence-corrected chi connectivity index (χ0v) is 26.5. The van der Waals surface area contributed by atoms with Crippen LogP contribution in [-0.2, 0) is 11.2 Å². The van der Waals surface area contributed by atoms with E-state index in [1.54, 1.807) is 4.90 Å². The molecule has 236 valence electrons. The molecule has 6 rings (SSSR count). The second-order valence-corrected chi connectivity index (χ2v) is 13.0. The van der Waals surface area contributed by atoms with Crippen molar-refractivity contribution in [3.63, 3.8) is 0 Å². The zero-order chi connectivity index (χ0) is 31.7. The standard InChI is InChI=1S/C35H42N6O4/c1-5-8-26-30(39-32(37-26)29-10-6-19-40(29)33(42)43)25-17-13-23(14-18-25)22-11-15-24(16-12-22)27-21-36-31(38-27)28-9-7-20-41(28)34(44)45-35(2,3)4/h11-18,21,28-29H,5-10,19-20H2,1-4H3,(H,36,38)(H,37,39)(H,42,43)/t28-,29-/m0/s1. The first kappa shape index (κ1) is 30.4. The van der Waals surface area contributed by atoms with Crippen molar-refractivity contribution in [2.75, 3.05) is 13.1 Å². The van der Waals surface area contributed by atoms with Crippen LogP contribution in [0.2, 0.25) is 0 Å². The van der Waals surface area contributed by atoms with E-state index in [0.29, 0.717) is 13.1 Å². The van der Waals surface area contributed by atoms with Crippen LogP contribution in [0.25, 0.3) is 33.6 Å². The van der Waals surface area contributed by atoms with Gasteiger partial charge in [0.25, 0.3) is 0 Å². The lowest BCUT2D eigenvalue weighted by molar-refractivity contribution is 0.0218. The van der Waals surface area contributed by atoms with Gasteiger partial charge >= 0.3 is 12.2 Å². The molecule has 2 saturated heterocycles. The summed E-state index contributed by atoms with van der Waals surface area (Å²) >= 11 is 0. The van der Waals surface area contributed by atoms with E-state index in [-0.39, 0.29) is 18.2 Å². The van der Waals surface area contributed by atoms with Gasteiger partial charge in [-0.25, -0.2) is 19.6 Å². The SMILES string of the molecule is CCCc1[nH]c([C@@H]2CCCN2C(=O)O)nc1-c1ccc(-c2ccc(-c3c[nH]c([C@@H]4CCCN4C(=O)OC(C)(C)C)n3)cc2)cc1. The number of ether oxygens (including phenoxy) is 1. The number of carboxylic acid groups (broad SMARTS) is 1. The molecule has 4 aromatic rings. The van der Waals surface area contributed by atoms with Crippen LogP contribution in [0.15, 0.2) is 54.7 Å². The fraction of sp³-hybridized carbons (Fsp3) is 0.429. The number of benzene rings is 2. The average Bonchev–Trinajstić information content (AvgIpc) is 3.82. The molecule has 2 amide bonds. The van der Waals surface area contributed by atoms with Gasteiger partial charge in [0, 0.05) is 36.1 Å². The Kier molecular flexibility index (Phi) is 8.40. The number of carbonyl (C=O) groups is 2. The maximum atomic E-state index is 12.8. The highest BCUT2D eigenvalue weighted by Crippen LogP contribution is 2.35. The lowest BCUT2D eigenvalue weighted by atomic mass is 10.00. The summed E-state index contributed by atoms with van der Waals surface area (Å²) in [5, 5.41) is 9.63. The van der Waals surface area contributed by atoms with Crippen LogP contribution in [0, 0.1) is 0 Å². The minimum Gasteiger partial charge on any atom is -0.465 e. The van der Waals surface area contributed by atoms with E-state index in [2.05, 4.69) is 65.4 Å². The van der Waals surface area contributed by atoms with Crippen molar-refractivity contribution >= 4 is 12.2 Å². The third-order valence-corrected chi connectivity index (χ3v) is 8.58. The number of aromatic nitrogens is 4. The number of carbonyl (C=O) groups excluding carboxylic acids is 1. The third kappa shape index (κ3) is 6.45. The predicted molar refractivity (Wildman–Crippen MR) is 173 cm³/mol. The number of rotatable bonds is 7. The number of aromatic amines is 2. The summed E-state index contributed by atoms with van der Waals surface area (Å²) in [6.07, 6.45) is 5.91. The molecule has 0 radical (unpaired) electrons. The molecular formula is C35H42N6O4. The number of H-pyrrole nitrogens is 2. The van der Waals surface area contributed by atoms with Crippen molar-refractivity contribution < 1.29 is 19.4 Å². The number of nitrogens with zero attached hydrogens (tertiary/aromatic N) is 4. The lowest BCUT2D eigenvalue weighted by Crippen LogP contribution is -2.36. The molecule has 0 spiro atoms. The Hall–Kier alpha value is -4.60. The van der Waals surface area contributed by atoms with E-state index in [9.17, 15) is 14.7 Å². The quantitative estimate of drug-likeness (QED) is 0.195. The van der Waals surface area contributed by atoms with Gasteiger partial charge in [0.1, 0.15) is 17.2 Å². The van der Waals surface area contributed by atoms with E-state index >= 15 is 0 Å². The van der Waals surface area contributed by atoms with Crippen molar-refractivity contribution in [3.8, 4) is 33.6 Å². The Morgan fingerprint density at radius 3 is 2.04 bits per heavy atom. The first-order valence-electron chi connectivity index (χ1n) is 16.0. The van der Waals surface area contributed by atoms with E-state index in [4.69, 9.17) is 14.7 Å². The summed E-state index contributed by atoms with van der Waals surface area (Å²) in [4.78, 5) is 44.3. The molecule has 4 heterocycles. The van der Waals surface area contributed by atoms with Gasteiger partial charge < -0.3 is 19.8 Å². The number of aryl methyl sites for hydroxylation is 1. The van der Waals surface area contributed by atoms with E-state index in [1.165, 1.54) is 4.90 Å². The Labute approximate surface area is 263 Å². The maximum absolute atomic E-state index is 12.8. The molecule has 0 saturated carbocycles. The summed E-state index contributed by atoms with van der Waals surface area (Å²) in [6, 6.07) is 16.4.